The fraction of sp³-hybridized carbons (Fsp3) is 0.182. The number of aromatic hydroxyl groups is 1. The molecule has 14 heavy (non-hydrogen) atoms. The fourth-order valence-electron chi connectivity index (χ4n) is 1.19. The number of phenolic OH excluding ortho intramolecular Hbond substituents is 1. The SMILES string of the molecule is Cc1ccc(C)c(/C=C/C(N)=O)c1O. The summed E-state index contributed by atoms with van der Waals surface area (Å²) < 4.78 is 0. The molecule has 1 amide bonds. The molecular weight excluding hydrogens is 178 g/mol. The van der Waals surface area contributed by atoms with E-state index in [4.69, 9.17) is 5.73 Å². The van der Waals surface area contributed by atoms with Gasteiger partial charge in [0, 0.05) is 11.6 Å². The predicted octanol–water partition coefficient (Wildman–Crippen LogP) is 1.51. The number of benzene rings is 1. The van der Waals surface area contributed by atoms with Crippen molar-refractivity contribution in [3.63, 3.8) is 0 Å². The maximum atomic E-state index is 10.5. The molecule has 0 fully saturated rings. The molecule has 0 unspecified atom stereocenters. The lowest BCUT2D eigenvalue weighted by Crippen LogP contribution is -2.05. The van der Waals surface area contributed by atoms with Gasteiger partial charge >= 0.3 is 0 Å². The molecule has 0 saturated carbocycles. The van der Waals surface area contributed by atoms with Gasteiger partial charge in [0.25, 0.3) is 0 Å². The molecule has 0 aromatic heterocycles. The molecule has 1 rings (SSSR count). The Morgan fingerprint density at radius 2 is 1.93 bits per heavy atom. The highest BCUT2D eigenvalue weighted by atomic mass is 16.3. The molecule has 0 aliphatic heterocycles. The molecule has 0 radical (unpaired) electrons. The van der Waals surface area contributed by atoms with Gasteiger partial charge in [0.05, 0.1) is 0 Å². The maximum absolute atomic E-state index is 10.5. The smallest absolute Gasteiger partial charge is 0.241 e. The lowest BCUT2D eigenvalue weighted by Gasteiger charge is -2.06. The van der Waals surface area contributed by atoms with Gasteiger partial charge in [-0.15, -0.1) is 0 Å². The number of phenols is 1. The van der Waals surface area contributed by atoms with Crippen molar-refractivity contribution in [3.05, 3.63) is 34.9 Å². The van der Waals surface area contributed by atoms with Crippen LogP contribution in [-0.4, -0.2) is 11.0 Å². The number of carbonyl (C=O) groups excluding carboxylic acids is 1. The third kappa shape index (κ3) is 2.13. The van der Waals surface area contributed by atoms with Gasteiger partial charge in [0.15, 0.2) is 0 Å². The van der Waals surface area contributed by atoms with Crippen LogP contribution in [-0.2, 0) is 4.79 Å². The molecule has 0 saturated heterocycles. The molecular formula is C11H13NO2. The van der Waals surface area contributed by atoms with Crippen LogP contribution in [0.15, 0.2) is 18.2 Å². The van der Waals surface area contributed by atoms with Crippen LogP contribution >= 0.6 is 0 Å². The van der Waals surface area contributed by atoms with Crippen molar-refractivity contribution in [1.82, 2.24) is 0 Å². The summed E-state index contributed by atoms with van der Waals surface area (Å²) in [6, 6.07) is 3.71. The van der Waals surface area contributed by atoms with Crippen LogP contribution in [0, 0.1) is 13.8 Å². The van der Waals surface area contributed by atoms with Crippen LogP contribution in [0.25, 0.3) is 6.08 Å². The van der Waals surface area contributed by atoms with Crippen LogP contribution in [0.1, 0.15) is 16.7 Å². The first kappa shape index (κ1) is 10.3. The number of hydrogen-bond acceptors (Lipinski definition) is 2. The Kier molecular flexibility index (Phi) is 2.92. The minimum atomic E-state index is -0.523. The maximum Gasteiger partial charge on any atom is 0.241 e. The van der Waals surface area contributed by atoms with Crippen LogP contribution in [0.5, 0.6) is 5.75 Å². The molecule has 3 heteroatoms. The van der Waals surface area contributed by atoms with E-state index in [2.05, 4.69) is 0 Å². The van der Waals surface area contributed by atoms with E-state index in [-0.39, 0.29) is 5.75 Å². The predicted molar refractivity (Wildman–Crippen MR) is 55.8 cm³/mol. The van der Waals surface area contributed by atoms with Gasteiger partial charge in [-0.1, -0.05) is 12.1 Å². The summed E-state index contributed by atoms with van der Waals surface area (Å²) in [6.07, 6.45) is 2.77. The molecule has 0 spiro atoms. The quantitative estimate of drug-likeness (QED) is 0.696. The third-order valence-electron chi connectivity index (χ3n) is 2.05. The summed E-state index contributed by atoms with van der Waals surface area (Å²) in [6.45, 7) is 3.66. The monoisotopic (exact) mass is 191 g/mol. The molecule has 0 aliphatic rings. The summed E-state index contributed by atoms with van der Waals surface area (Å²) in [4.78, 5) is 10.5. The van der Waals surface area contributed by atoms with Crippen LogP contribution in [0.2, 0.25) is 0 Å². The van der Waals surface area contributed by atoms with Gasteiger partial charge in [-0.3, -0.25) is 4.79 Å². The Morgan fingerprint density at radius 1 is 1.36 bits per heavy atom. The Balaban J connectivity index is 3.19. The number of hydrogen-bond donors (Lipinski definition) is 2. The van der Waals surface area contributed by atoms with E-state index in [1.807, 2.05) is 19.1 Å². The van der Waals surface area contributed by atoms with Gasteiger partial charge in [-0.25, -0.2) is 0 Å². The molecule has 1 aromatic rings. The second-order valence-corrected chi connectivity index (χ2v) is 3.20. The van der Waals surface area contributed by atoms with E-state index in [9.17, 15) is 9.90 Å². The normalized spacial score (nSPS) is 10.7. The Bertz CT molecular complexity index is 395. The van der Waals surface area contributed by atoms with E-state index in [0.29, 0.717) is 5.56 Å². The number of nitrogens with two attached hydrogens (primary N) is 1. The summed E-state index contributed by atoms with van der Waals surface area (Å²) >= 11 is 0. The summed E-state index contributed by atoms with van der Waals surface area (Å²) in [5, 5.41) is 9.69. The third-order valence-corrected chi connectivity index (χ3v) is 2.05. The number of rotatable bonds is 2. The minimum Gasteiger partial charge on any atom is -0.507 e. The average Bonchev–Trinajstić information content (AvgIpc) is 2.11. The largest absolute Gasteiger partial charge is 0.507 e. The van der Waals surface area contributed by atoms with Crippen molar-refractivity contribution in [2.24, 2.45) is 5.73 Å². The van der Waals surface area contributed by atoms with Crippen LogP contribution < -0.4 is 5.73 Å². The zero-order chi connectivity index (χ0) is 10.7. The first-order valence-electron chi connectivity index (χ1n) is 4.29. The van der Waals surface area contributed by atoms with Crippen LogP contribution in [0.4, 0.5) is 0 Å². The molecule has 3 nitrogen and oxygen atoms in total. The highest BCUT2D eigenvalue weighted by molar-refractivity contribution is 5.91. The molecule has 0 atom stereocenters. The Hall–Kier alpha value is -1.77. The lowest BCUT2D eigenvalue weighted by molar-refractivity contribution is -0.113. The summed E-state index contributed by atoms with van der Waals surface area (Å²) in [5.74, 6) is -0.326. The second-order valence-electron chi connectivity index (χ2n) is 3.20. The van der Waals surface area contributed by atoms with E-state index in [1.54, 1.807) is 6.92 Å². The number of aryl methyl sites for hydroxylation is 2. The van der Waals surface area contributed by atoms with Crippen molar-refractivity contribution in [2.45, 2.75) is 13.8 Å². The van der Waals surface area contributed by atoms with Crippen molar-refractivity contribution < 1.29 is 9.90 Å². The van der Waals surface area contributed by atoms with Crippen molar-refractivity contribution in [1.29, 1.82) is 0 Å². The average molecular weight is 191 g/mol. The Labute approximate surface area is 82.9 Å². The molecule has 0 bridgehead atoms. The fourth-order valence-corrected chi connectivity index (χ4v) is 1.19. The highest BCUT2D eigenvalue weighted by Gasteiger charge is 2.04. The highest BCUT2D eigenvalue weighted by Crippen LogP contribution is 2.26. The second kappa shape index (κ2) is 3.96. The molecule has 0 heterocycles. The number of amides is 1. The van der Waals surface area contributed by atoms with Gasteiger partial charge in [-0.2, -0.15) is 0 Å². The molecule has 74 valence electrons. The zero-order valence-electron chi connectivity index (χ0n) is 8.24. The molecule has 0 aliphatic carbocycles. The first-order valence-corrected chi connectivity index (χ1v) is 4.29. The topological polar surface area (TPSA) is 63.3 Å². The van der Waals surface area contributed by atoms with Crippen molar-refractivity contribution >= 4 is 12.0 Å². The van der Waals surface area contributed by atoms with Crippen molar-refractivity contribution in [3.8, 4) is 5.75 Å². The summed E-state index contributed by atoms with van der Waals surface area (Å²) in [7, 11) is 0. The summed E-state index contributed by atoms with van der Waals surface area (Å²) in [5.41, 5.74) is 7.30. The number of primary amides is 1. The Morgan fingerprint density at radius 3 is 2.50 bits per heavy atom. The molecule has 1 aromatic carbocycles. The van der Waals surface area contributed by atoms with Crippen LogP contribution in [0.3, 0.4) is 0 Å². The zero-order valence-corrected chi connectivity index (χ0v) is 8.24. The van der Waals surface area contributed by atoms with Gasteiger partial charge in [0.2, 0.25) is 5.91 Å². The van der Waals surface area contributed by atoms with E-state index < -0.39 is 5.91 Å². The minimum absolute atomic E-state index is 0.197. The standard InChI is InChI=1S/C11H13NO2/c1-7-3-4-8(2)11(14)9(7)5-6-10(12)13/h3-6,14H,1-2H3,(H2,12,13)/b6-5+. The molecule has 3 N–H and O–H groups in total. The van der Waals surface area contributed by atoms with E-state index in [1.165, 1.54) is 12.2 Å². The van der Waals surface area contributed by atoms with Gasteiger partial charge in [0.1, 0.15) is 5.75 Å². The van der Waals surface area contributed by atoms with Gasteiger partial charge in [-0.05, 0) is 31.1 Å². The van der Waals surface area contributed by atoms with E-state index >= 15 is 0 Å². The van der Waals surface area contributed by atoms with Crippen molar-refractivity contribution in [2.75, 3.05) is 0 Å². The van der Waals surface area contributed by atoms with Gasteiger partial charge < -0.3 is 10.8 Å². The number of carbonyl (C=O) groups is 1. The first-order chi connectivity index (χ1) is 6.52. The van der Waals surface area contributed by atoms with E-state index in [0.717, 1.165) is 11.1 Å². The lowest BCUT2D eigenvalue weighted by atomic mass is 10.0.